The average molecular weight is 344 g/mol. The Morgan fingerprint density at radius 2 is 1.70 bits per heavy atom. The van der Waals surface area contributed by atoms with Crippen LogP contribution in [0.1, 0.15) is 18.0 Å². The minimum atomic E-state index is -4.93. The van der Waals surface area contributed by atoms with Gasteiger partial charge in [0.05, 0.1) is 11.4 Å². The molecule has 1 rings (SSSR count). The molecule has 0 fully saturated rings. The van der Waals surface area contributed by atoms with E-state index in [1.165, 1.54) is 0 Å². The molecule has 0 heterocycles. The number of ether oxygens (including phenoxy) is 1. The molecular weight excluding hydrogens is 335 g/mol. The first-order chi connectivity index (χ1) is 8.48. The van der Waals surface area contributed by atoms with Crippen molar-refractivity contribution in [3.63, 3.8) is 0 Å². The summed E-state index contributed by atoms with van der Waals surface area (Å²) < 4.78 is 75.7. The Hall–Kier alpha value is -0.860. The van der Waals surface area contributed by atoms with E-state index in [1.807, 2.05) is 0 Å². The summed E-state index contributed by atoms with van der Waals surface area (Å²) in [6.07, 6.45) is -10.7. The van der Waals surface area contributed by atoms with Gasteiger partial charge in [-0.3, -0.25) is 0 Å². The molecular formula is C10H9Cl2F6NO. The van der Waals surface area contributed by atoms with E-state index in [4.69, 9.17) is 17.3 Å². The fourth-order valence-corrected chi connectivity index (χ4v) is 1.55. The van der Waals surface area contributed by atoms with Crippen LogP contribution in [0.4, 0.5) is 26.3 Å². The van der Waals surface area contributed by atoms with Gasteiger partial charge in [0.2, 0.25) is 0 Å². The Labute approximate surface area is 121 Å². The van der Waals surface area contributed by atoms with Crippen LogP contribution in [0.3, 0.4) is 0 Å². The van der Waals surface area contributed by atoms with Crippen LogP contribution in [0.5, 0.6) is 5.75 Å². The second-order valence-electron chi connectivity index (χ2n) is 3.66. The summed E-state index contributed by atoms with van der Waals surface area (Å²) in [5, 5.41) is -0.465. The highest BCUT2D eigenvalue weighted by Gasteiger charge is 2.33. The summed E-state index contributed by atoms with van der Waals surface area (Å²) >= 11 is 5.49. The highest BCUT2D eigenvalue weighted by atomic mass is 35.5. The Bertz CT molecular complexity index is 448. The minimum Gasteiger partial charge on any atom is -0.404 e. The highest BCUT2D eigenvalue weighted by molar-refractivity contribution is 6.32. The molecule has 20 heavy (non-hydrogen) atoms. The summed E-state index contributed by atoms with van der Waals surface area (Å²) in [6.45, 7) is 0. The predicted molar refractivity (Wildman–Crippen MR) is 63.0 cm³/mol. The number of alkyl halides is 6. The van der Waals surface area contributed by atoms with Gasteiger partial charge in [0.25, 0.3) is 0 Å². The van der Waals surface area contributed by atoms with Crippen molar-refractivity contribution in [1.29, 1.82) is 0 Å². The molecule has 0 unspecified atom stereocenters. The molecule has 0 saturated carbocycles. The zero-order chi connectivity index (χ0) is 14.8. The number of nitrogens with two attached hydrogens (primary N) is 1. The van der Waals surface area contributed by atoms with Gasteiger partial charge in [0.15, 0.2) is 0 Å². The normalized spacial score (nSPS) is 13.6. The Morgan fingerprint density at radius 3 is 2.10 bits per heavy atom. The molecule has 1 aromatic rings. The van der Waals surface area contributed by atoms with Crippen LogP contribution in [0, 0.1) is 0 Å². The predicted octanol–water partition coefficient (Wildman–Crippen LogP) is 4.61. The average Bonchev–Trinajstić information content (AvgIpc) is 2.16. The van der Waals surface area contributed by atoms with Gasteiger partial charge in [-0.2, -0.15) is 13.2 Å². The second-order valence-corrected chi connectivity index (χ2v) is 4.07. The number of halogens is 8. The van der Waals surface area contributed by atoms with Crippen molar-refractivity contribution in [2.75, 3.05) is 0 Å². The standard InChI is InChI=1S/C10H8ClF6NO.ClH/c11-6-3-5(7(18)4-9(12,13)14)1-2-8(6)19-10(15,16)17;/h1-3,7H,4,18H2;1H/t7-;/m1./s1. The molecule has 0 aromatic heterocycles. The third-order valence-electron chi connectivity index (χ3n) is 2.06. The van der Waals surface area contributed by atoms with Crippen LogP contribution in [0.2, 0.25) is 5.02 Å². The molecule has 0 saturated heterocycles. The van der Waals surface area contributed by atoms with Crippen LogP contribution in [0.15, 0.2) is 18.2 Å². The van der Waals surface area contributed by atoms with Gasteiger partial charge in [-0.05, 0) is 17.7 Å². The van der Waals surface area contributed by atoms with Crippen molar-refractivity contribution in [2.45, 2.75) is 25.0 Å². The summed E-state index contributed by atoms with van der Waals surface area (Å²) in [4.78, 5) is 0. The number of hydrogen-bond acceptors (Lipinski definition) is 2. The molecule has 116 valence electrons. The van der Waals surface area contributed by atoms with Crippen molar-refractivity contribution in [1.82, 2.24) is 0 Å². The van der Waals surface area contributed by atoms with Gasteiger partial charge in [-0.15, -0.1) is 25.6 Å². The van der Waals surface area contributed by atoms with E-state index in [0.29, 0.717) is 0 Å². The van der Waals surface area contributed by atoms with E-state index in [-0.39, 0.29) is 18.0 Å². The molecule has 0 bridgehead atoms. The molecule has 0 amide bonds. The quantitative estimate of drug-likeness (QED) is 0.813. The first-order valence-electron chi connectivity index (χ1n) is 4.85. The van der Waals surface area contributed by atoms with Crippen LogP contribution < -0.4 is 10.5 Å². The van der Waals surface area contributed by atoms with Crippen LogP contribution in [-0.2, 0) is 0 Å². The van der Waals surface area contributed by atoms with Gasteiger partial charge in [0, 0.05) is 6.04 Å². The molecule has 10 heteroatoms. The van der Waals surface area contributed by atoms with Gasteiger partial charge < -0.3 is 10.5 Å². The third kappa shape index (κ3) is 6.53. The van der Waals surface area contributed by atoms with Gasteiger partial charge in [0.1, 0.15) is 5.75 Å². The fraction of sp³-hybridized carbons (Fsp3) is 0.400. The van der Waals surface area contributed by atoms with Crippen molar-refractivity contribution in [3.05, 3.63) is 28.8 Å². The topological polar surface area (TPSA) is 35.2 Å². The first-order valence-corrected chi connectivity index (χ1v) is 5.23. The van der Waals surface area contributed by atoms with Crippen molar-refractivity contribution in [2.24, 2.45) is 5.73 Å². The van der Waals surface area contributed by atoms with Crippen molar-refractivity contribution < 1.29 is 31.1 Å². The van der Waals surface area contributed by atoms with E-state index < -0.39 is 35.8 Å². The zero-order valence-corrected chi connectivity index (χ0v) is 11.1. The maximum absolute atomic E-state index is 12.1. The smallest absolute Gasteiger partial charge is 0.404 e. The SMILES string of the molecule is Cl.N[C@H](CC(F)(F)F)c1ccc(OC(F)(F)F)c(Cl)c1. The Balaban J connectivity index is 0.00000361. The lowest BCUT2D eigenvalue weighted by atomic mass is 10.0. The van der Waals surface area contributed by atoms with E-state index >= 15 is 0 Å². The van der Waals surface area contributed by atoms with Gasteiger partial charge in [-0.25, -0.2) is 0 Å². The summed E-state index contributed by atoms with van der Waals surface area (Å²) in [6, 6.07) is 1.33. The summed E-state index contributed by atoms with van der Waals surface area (Å²) in [7, 11) is 0. The lowest BCUT2D eigenvalue weighted by molar-refractivity contribution is -0.274. The number of benzene rings is 1. The Kier molecular flexibility index (Phi) is 6.44. The minimum absolute atomic E-state index is 0. The van der Waals surface area contributed by atoms with Crippen LogP contribution in [0.25, 0.3) is 0 Å². The van der Waals surface area contributed by atoms with E-state index in [0.717, 1.165) is 18.2 Å². The molecule has 2 N–H and O–H groups in total. The highest BCUT2D eigenvalue weighted by Crippen LogP contribution is 2.34. The molecule has 2 nitrogen and oxygen atoms in total. The van der Waals surface area contributed by atoms with Crippen LogP contribution in [-0.4, -0.2) is 12.5 Å². The van der Waals surface area contributed by atoms with E-state index in [9.17, 15) is 26.3 Å². The van der Waals surface area contributed by atoms with E-state index in [1.54, 1.807) is 0 Å². The lowest BCUT2D eigenvalue weighted by Crippen LogP contribution is -2.20. The molecule has 0 aliphatic carbocycles. The summed E-state index contributed by atoms with van der Waals surface area (Å²) in [5.41, 5.74) is 5.25. The summed E-state index contributed by atoms with van der Waals surface area (Å²) in [5.74, 6) is -0.697. The van der Waals surface area contributed by atoms with Crippen molar-refractivity contribution >= 4 is 24.0 Å². The first kappa shape index (κ1) is 19.1. The fourth-order valence-electron chi connectivity index (χ4n) is 1.32. The maximum Gasteiger partial charge on any atom is 0.573 e. The molecule has 0 spiro atoms. The second kappa shape index (κ2) is 6.73. The molecule has 1 aromatic carbocycles. The van der Waals surface area contributed by atoms with Gasteiger partial charge in [-0.1, -0.05) is 17.7 Å². The largest absolute Gasteiger partial charge is 0.573 e. The third-order valence-corrected chi connectivity index (χ3v) is 2.36. The monoisotopic (exact) mass is 343 g/mol. The molecule has 1 atom stereocenters. The molecule has 0 aliphatic rings. The maximum atomic E-state index is 12.1. The molecule has 0 aliphatic heterocycles. The van der Waals surface area contributed by atoms with Crippen molar-refractivity contribution in [3.8, 4) is 5.75 Å². The van der Waals surface area contributed by atoms with Crippen LogP contribution >= 0.6 is 24.0 Å². The Morgan fingerprint density at radius 1 is 1.15 bits per heavy atom. The molecule has 0 radical (unpaired) electrons. The number of hydrogen-bond donors (Lipinski definition) is 1. The lowest BCUT2D eigenvalue weighted by Gasteiger charge is -2.16. The van der Waals surface area contributed by atoms with E-state index in [2.05, 4.69) is 4.74 Å². The zero-order valence-electron chi connectivity index (χ0n) is 9.56. The van der Waals surface area contributed by atoms with Gasteiger partial charge >= 0.3 is 12.5 Å². The number of rotatable bonds is 3.